The fourth-order valence-electron chi connectivity index (χ4n) is 2.75. The maximum absolute atomic E-state index is 12.3. The van der Waals surface area contributed by atoms with Crippen LogP contribution in [0.2, 0.25) is 0 Å². The average Bonchev–Trinajstić information content (AvgIpc) is 2.80. The summed E-state index contributed by atoms with van der Waals surface area (Å²) in [6.45, 7) is 4.03. The molecule has 0 aromatic heterocycles. The quantitative estimate of drug-likeness (QED) is 0.0714. The van der Waals surface area contributed by atoms with Crippen LogP contribution in [0.1, 0.15) is 65.2 Å². The summed E-state index contributed by atoms with van der Waals surface area (Å²) in [7, 11) is -4.37. The number of hydrogen-bond donors (Lipinski definition) is 5. The van der Waals surface area contributed by atoms with E-state index in [1.807, 2.05) is 0 Å². The highest BCUT2D eigenvalue weighted by molar-refractivity contribution is 7.80. The Hall–Kier alpha value is 0.650. The number of ether oxygens (including phenoxy) is 2. The van der Waals surface area contributed by atoms with Crippen LogP contribution in [0.4, 0.5) is 0 Å². The molecule has 2 unspecified atom stereocenters. The summed E-state index contributed by atoms with van der Waals surface area (Å²) >= 11 is 8.36. The van der Waals surface area contributed by atoms with Gasteiger partial charge in [0.25, 0.3) is 0 Å². The lowest BCUT2D eigenvalue weighted by atomic mass is 9.94. The van der Waals surface area contributed by atoms with E-state index >= 15 is 0 Å². The van der Waals surface area contributed by atoms with E-state index < -0.39 is 18.7 Å². The molecule has 0 fully saturated rings. The van der Waals surface area contributed by atoms with Crippen molar-refractivity contribution in [2.75, 3.05) is 64.4 Å². The van der Waals surface area contributed by atoms with Gasteiger partial charge in [0.15, 0.2) is 0 Å². The van der Waals surface area contributed by atoms with Crippen LogP contribution in [0.3, 0.4) is 0 Å². The zero-order valence-electron chi connectivity index (χ0n) is 20.5. The molecule has 0 aliphatic heterocycles. The number of phosphoric ester groups is 1. The summed E-state index contributed by atoms with van der Waals surface area (Å²) in [5.74, 6) is 1.76. The van der Waals surface area contributed by atoms with E-state index in [1.165, 1.54) is 0 Å². The van der Waals surface area contributed by atoms with E-state index in [1.54, 1.807) is 13.8 Å². The minimum atomic E-state index is -4.37. The van der Waals surface area contributed by atoms with E-state index in [2.05, 4.69) is 25.3 Å². The Morgan fingerprint density at radius 3 is 1.36 bits per heavy atom. The largest absolute Gasteiger partial charge is 0.472 e. The van der Waals surface area contributed by atoms with Crippen molar-refractivity contribution in [1.82, 2.24) is 0 Å². The van der Waals surface area contributed by atoms with Crippen molar-refractivity contribution in [1.29, 1.82) is 0 Å². The molecule has 0 amide bonds. The molecule has 200 valence electrons. The highest BCUT2D eigenvalue weighted by Crippen LogP contribution is 2.46. The Morgan fingerprint density at radius 1 is 0.667 bits per heavy atom. The first-order valence-electron chi connectivity index (χ1n) is 11.9. The molecule has 8 nitrogen and oxygen atoms in total. The van der Waals surface area contributed by atoms with Gasteiger partial charge in [-0.05, 0) is 37.2 Å². The fourth-order valence-corrected chi connectivity index (χ4v) is 4.23. The highest BCUT2D eigenvalue weighted by atomic mass is 32.1. The van der Waals surface area contributed by atoms with Crippen molar-refractivity contribution < 1.29 is 38.2 Å². The first-order chi connectivity index (χ1) is 15.7. The van der Waals surface area contributed by atoms with Gasteiger partial charge in [0.1, 0.15) is 0 Å². The molecule has 0 spiro atoms. The van der Waals surface area contributed by atoms with E-state index in [-0.39, 0.29) is 39.6 Å². The third kappa shape index (κ3) is 18.6. The van der Waals surface area contributed by atoms with Crippen molar-refractivity contribution in [3.8, 4) is 0 Å². The van der Waals surface area contributed by atoms with Gasteiger partial charge in [0, 0.05) is 24.0 Å². The third-order valence-electron chi connectivity index (χ3n) is 5.21. The molecule has 11 heteroatoms. The maximum atomic E-state index is 12.3. The lowest BCUT2D eigenvalue weighted by molar-refractivity contribution is -0.0339. The van der Waals surface area contributed by atoms with E-state index in [4.69, 9.17) is 18.5 Å². The molecule has 0 aromatic carbocycles. The maximum Gasteiger partial charge on any atom is 0.472 e. The van der Waals surface area contributed by atoms with Crippen LogP contribution < -0.4 is 0 Å². The molecular formula is C22H47O8PS2. The smallest absolute Gasteiger partial charge is 0.396 e. The molecule has 0 aliphatic rings. The summed E-state index contributed by atoms with van der Waals surface area (Å²) in [6, 6.07) is 0. The van der Waals surface area contributed by atoms with Gasteiger partial charge < -0.3 is 24.6 Å². The SMILES string of the molecule is CC(CO)(COCCCCCCS)COP(=O)(O)OCC(C)(CO)COCCCCCCS. The van der Waals surface area contributed by atoms with Crippen LogP contribution in [0.5, 0.6) is 0 Å². The number of aliphatic hydroxyl groups is 2. The molecule has 0 aromatic rings. The second-order valence-electron chi connectivity index (χ2n) is 9.33. The van der Waals surface area contributed by atoms with E-state index in [9.17, 15) is 19.7 Å². The van der Waals surface area contributed by atoms with Gasteiger partial charge in [-0.3, -0.25) is 9.05 Å². The summed E-state index contributed by atoms with van der Waals surface area (Å²) in [5.41, 5.74) is -1.66. The summed E-state index contributed by atoms with van der Waals surface area (Å²) in [4.78, 5) is 10.1. The van der Waals surface area contributed by atoms with Crippen LogP contribution >= 0.6 is 33.1 Å². The van der Waals surface area contributed by atoms with Crippen LogP contribution in [0, 0.1) is 10.8 Å². The Kier molecular flexibility index (Phi) is 20.2. The summed E-state index contributed by atoms with van der Waals surface area (Å²) < 4.78 is 33.9. The number of aliphatic hydroxyl groups excluding tert-OH is 2. The number of hydrogen-bond acceptors (Lipinski definition) is 9. The predicted molar refractivity (Wildman–Crippen MR) is 138 cm³/mol. The molecule has 0 saturated heterocycles. The molecule has 0 bridgehead atoms. The number of thiol groups is 2. The van der Waals surface area contributed by atoms with Crippen LogP contribution in [0.15, 0.2) is 0 Å². The zero-order chi connectivity index (χ0) is 25.1. The van der Waals surface area contributed by atoms with Crippen LogP contribution in [-0.4, -0.2) is 79.5 Å². The van der Waals surface area contributed by atoms with Crippen molar-refractivity contribution in [2.24, 2.45) is 10.8 Å². The van der Waals surface area contributed by atoms with Gasteiger partial charge >= 0.3 is 7.82 Å². The van der Waals surface area contributed by atoms with E-state index in [0.29, 0.717) is 13.2 Å². The molecule has 0 heterocycles. The Morgan fingerprint density at radius 2 is 1.03 bits per heavy atom. The van der Waals surface area contributed by atoms with Crippen LogP contribution in [-0.2, 0) is 23.1 Å². The van der Waals surface area contributed by atoms with Gasteiger partial charge in [-0.2, -0.15) is 25.3 Å². The molecule has 33 heavy (non-hydrogen) atoms. The standard InChI is InChI=1S/C22H47O8PS2/c1-21(15-23,17-27-11-7-3-5-9-13-32)19-29-31(25,26)30-20-22(2,16-24)18-28-12-8-4-6-10-14-33/h23-24,32-33H,3-20H2,1-2H3,(H,25,26). The summed E-state index contributed by atoms with van der Waals surface area (Å²) in [6.07, 6.45) is 8.29. The second-order valence-corrected chi connectivity index (χ2v) is 11.7. The van der Waals surface area contributed by atoms with Gasteiger partial charge in [-0.15, -0.1) is 0 Å². The Bertz CT molecular complexity index is 477. The summed E-state index contributed by atoms with van der Waals surface area (Å²) in [5, 5.41) is 19.4. The number of phosphoric acid groups is 1. The molecule has 3 N–H and O–H groups in total. The number of rotatable bonds is 24. The minimum Gasteiger partial charge on any atom is -0.396 e. The molecule has 0 saturated carbocycles. The minimum absolute atomic E-state index is 0.199. The lowest BCUT2D eigenvalue weighted by Crippen LogP contribution is -2.34. The van der Waals surface area contributed by atoms with Crippen molar-refractivity contribution in [3.63, 3.8) is 0 Å². The topological polar surface area (TPSA) is 115 Å². The highest BCUT2D eigenvalue weighted by Gasteiger charge is 2.34. The van der Waals surface area contributed by atoms with Gasteiger partial charge in [0.2, 0.25) is 0 Å². The van der Waals surface area contributed by atoms with Crippen molar-refractivity contribution in [2.45, 2.75) is 65.2 Å². The lowest BCUT2D eigenvalue weighted by Gasteiger charge is -2.30. The molecule has 0 radical (unpaired) electrons. The Balaban J connectivity index is 4.29. The molecule has 0 rings (SSSR count). The van der Waals surface area contributed by atoms with Gasteiger partial charge in [-0.1, -0.05) is 39.5 Å². The van der Waals surface area contributed by atoms with Gasteiger partial charge in [-0.25, -0.2) is 4.57 Å². The van der Waals surface area contributed by atoms with Crippen molar-refractivity contribution >= 4 is 33.1 Å². The third-order valence-corrected chi connectivity index (χ3v) is 6.75. The zero-order valence-corrected chi connectivity index (χ0v) is 23.1. The van der Waals surface area contributed by atoms with Crippen molar-refractivity contribution in [3.05, 3.63) is 0 Å². The average molecular weight is 535 g/mol. The predicted octanol–water partition coefficient (Wildman–Crippen LogP) is 4.13. The fraction of sp³-hybridized carbons (Fsp3) is 1.00. The first-order valence-corrected chi connectivity index (χ1v) is 14.6. The first kappa shape index (κ1) is 33.7. The second kappa shape index (κ2) is 19.8. The monoisotopic (exact) mass is 534 g/mol. The molecule has 2 atom stereocenters. The normalized spacial score (nSPS) is 17.4. The molecular weight excluding hydrogens is 487 g/mol. The van der Waals surface area contributed by atoms with Crippen LogP contribution in [0.25, 0.3) is 0 Å². The Labute approximate surface area is 211 Å². The number of unbranched alkanes of at least 4 members (excludes halogenated alkanes) is 6. The molecule has 0 aliphatic carbocycles. The van der Waals surface area contributed by atoms with E-state index in [0.717, 1.165) is 62.9 Å². The van der Waals surface area contributed by atoms with Gasteiger partial charge in [0.05, 0.1) is 39.6 Å².